The number of imidazole rings is 1. The van der Waals surface area contributed by atoms with Crippen LogP contribution in [0.3, 0.4) is 0 Å². The molecule has 0 saturated carbocycles. The molecule has 1 unspecified atom stereocenters. The van der Waals surface area contributed by atoms with E-state index in [9.17, 15) is 12.8 Å². The van der Waals surface area contributed by atoms with Gasteiger partial charge in [0.1, 0.15) is 21.5 Å². The number of benzene rings is 1. The highest BCUT2D eigenvalue weighted by molar-refractivity contribution is 7.90. The van der Waals surface area contributed by atoms with Gasteiger partial charge in [0.05, 0.1) is 17.1 Å². The number of aromatic nitrogens is 4. The lowest BCUT2D eigenvalue weighted by Gasteiger charge is -2.19. The van der Waals surface area contributed by atoms with Gasteiger partial charge in [-0.25, -0.2) is 22.8 Å². The third-order valence-corrected chi connectivity index (χ3v) is 8.22. The molecular weight excluding hydrogens is 487 g/mol. The molecule has 1 atom stereocenters. The summed E-state index contributed by atoms with van der Waals surface area (Å²) >= 11 is 1.50. The lowest BCUT2D eigenvalue weighted by Crippen LogP contribution is -2.24. The van der Waals surface area contributed by atoms with Gasteiger partial charge >= 0.3 is 0 Å². The zero-order chi connectivity index (χ0) is 24.7. The first-order valence-corrected chi connectivity index (χ1v) is 14.4. The largest absolute Gasteiger partial charge is 0.355 e. The first kappa shape index (κ1) is 23.7. The Hall–Kier alpha value is -3.05. The van der Waals surface area contributed by atoms with Crippen molar-refractivity contribution in [2.75, 3.05) is 41.9 Å². The molecule has 0 aliphatic carbocycles. The average molecular weight is 515 g/mol. The fourth-order valence-corrected chi connectivity index (χ4v) is 6.50. The minimum atomic E-state index is -3.01. The number of thiazole rings is 1. The van der Waals surface area contributed by atoms with Gasteiger partial charge < -0.3 is 9.80 Å². The van der Waals surface area contributed by atoms with E-state index in [2.05, 4.69) is 11.8 Å². The highest BCUT2D eigenvalue weighted by atomic mass is 32.2. The fourth-order valence-electron chi connectivity index (χ4n) is 4.57. The molecule has 1 fully saturated rings. The topological polar surface area (TPSA) is 83.7 Å². The van der Waals surface area contributed by atoms with E-state index in [0.717, 1.165) is 58.8 Å². The molecule has 3 aromatic heterocycles. The van der Waals surface area contributed by atoms with Crippen molar-refractivity contribution in [2.45, 2.75) is 19.8 Å². The average Bonchev–Trinajstić information content (AvgIpc) is 3.56. The van der Waals surface area contributed by atoms with Gasteiger partial charge in [-0.15, -0.1) is 16.4 Å². The Bertz CT molecular complexity index is 1470. The maximum atomic E-state index is 13.3. The molecule has 0 radical (unpaired) electrons. The van der Waals surface area contributed by atoms with E-state index >= 15 is 0 Å². The number of hydrogen-bond donors (Lipinski definition) is 0. The minimum absolute atomic E-state index is 0.110. The van der Waals surface area contributed by atoms with Crippen molar-refractivity contribution in [3.05, 3.63) is 53.3 Å². The van der Waals surface area contributed by atoms with Crippen molar-refractivity contribution in [1.29, 1.82) is 0 Å². The lowest BCUT2D eigenvalue weighted by atomic mass is 10.2. The van der Waals surface area contributed by atoms with Gasteiger partial charge in [-0.1, -0.05) is 6.92 Å². The number of hydrogen-bond acceptors (Lipinski definition) is 8. The molecule has 0 amide bonds. The second-order valence-corrected chi connectivity index (χ2v) is 12.0. The Kier molecular flexibility index (Phi) is 6.22. The van der Waals surface area contributed by atoms with Crippen LogP contribution in [0.2, 0.25) is 0 Å². The third-order valence-electron chi connectivity index (χ3n) is 6.23. The van der Waals surface area contributed by atoms with Crippen LogP contribution in [0.15, 0.2) is 41.8 Å². The highest BCUT2D eigenvalue weighted by Crippen LogP contribution is 2.34. The first-order chi connectivity index (χ1) is 16.7. The Balaban J connectivity index is 1.46. The zero-order valence-corrected chi connectivity index (χ0v) is 21.5. The molecule has 4 heterocycles. The molecule has 35 heavy (non-hydrogen) atoms. The van der Waals surface area contributed by atoms with Gasteiger partial charge in [-0.2, -0.15) is 4.52 Å². The fraction of sp³-hybridized carbons (Fsp3) is 0.375. The Morgan fingerprint density at radius 2 is 1.94 bits per heavy atom. The molecule has 1 aromatic carbocycles. The first-order valence-electron chi connectivity index (χ1n) is 11.5. The SMILES string of the molecule is CCc1nc2ccc(N3CCC(CS(C)(=O)=O)C3)nn2c1N(C)c1nc(-c2ccc(F)cc2)cs1. The highest BCUT2D eigenvalue weighted by Gasteiger charge is 2.27. The van der Waals surface area contributed by atoms with Gasteiger partial charge in [0.25, 0.3) is 0 Å². The minimum Gasteiger partial charge on any atom is -0.355 e. The number of anilines is 3. The second kappa shape index (κ2) is 9.19. The molecule has 0 bridgehead atoms. The molecule has 1 aliphatic rings. The van der Waals surface area contributed by atoms with Crippen LogP contribution in [0.5, 0.6) is 0 Å². The maximum Gasteiger partial charge on any atom is 0.191 e. The van der Waals surface area contributed by atoms with E-state index in [1.165, 1.54) is 29.7 Å². The number of sulfone groups is 1. The van der Waals surface area contributed by atoms with Crippen molar-refractivity contribution < 1.29 is 12.8 Å². The molecule has 1 aliphatic heterocycles. The molecule has 11 heteroatoms. The predicted molar refractivity (Wildman–Crippen MR) is 138 cm³/mol. The van der Waals surface area contributed by atoms with Gasteiger partial charge in [0.15, 0.2) is 16.6 Å². The standard InChI is InChI=1S/C24H27FN6O2S2/c1-4-19-23(29(2)24-27-20(14-34-24)17-5-7-18(25)8-6-17)31-21(26-19)9-10-22(28-31)30-12-11-16(13-30)15-35(3,32)33/h5-10,14,16H,4,11-13,15H2,1-3H3. The normalized spacial score (nSPS) is 16.3. The van der Waals surface area contributed by atoms with E-state index in [0.29, 0.717) is 6.54 Å². The maximum absolute atomic E-state index is 13.3. The van der Waals surface area contributed by atoms with Crippen molar-refractivity contribution in [1.82, 2.24) is 19.6 Å². The molecule has 8 nitrogen and oxygen atoms in total. The molecule has 5 rings (SSSR count). The van der Waals surface area contributed by atoms with Crippen LogP contribution in [0.4, 0.5) is 21.2 Å². The van der Waals surface area contributed by atoms with Crippen molar-refractivity contribution in [3.8, 4) is 11.3 Å². The van der Waals surface area contributed by atoms with Crippen LogP contribution in [-0.4, -0.2) is 60.1 Å². The van der Waals surface area contributed by atoms with Crippen molar-refractivity contribution in [3.63, 3.8) is 0 Å². The molecule has 4 aromatic rings. The number of fused-ring (bicyclic) bond motifs is 1. The summed E-state index contributed by atoms with van der Waals surface area (Å²) in [6.07, 6.45) is 2.85. The summed E-state index contributed by atoms with van der Waals surface area (Å²) in [6, 6.07) is 10.2. The van der Waals surface area contributed by atoms with E-state index < -0.39 is 9.84 Å². The Morgan fingerprint density at radius 1 is 1.17 bits per heavy atom. The lowest BCUT2D eigenvalue weighted by molar-refractivity contribution is 0.577. The van der Waals surface area contributed by atoms with Crippen LogP contribution >= 0.6 is 11.3 Å². The van der Waals surface area contributed by atoms with Gasteiger partial charge in [-0.3, -0.25) is 0 Å². The summed E-state index contributed by atoms with van der Waals surface area (Å²) in [6.45, 7) is 3.49. The summed E-state index contributed by atoms with van der Waals surface area (Å²) in [5.41, 5.74) is 3.29. The predicted octanol–water partition coefficient (Wildman–Crippen LogP) is 4.19. The van der Waals surface area contributed by atoms with Gasteiger partial charge in [0.2, 0.25) is 0 Å². The molecule has 184 valence electrons. The van der Waals surface area contributed by atoms with Crippen molar-refractivity contribution >= 4 is 43.6 Å². The van der Waals surface area contributed by atoms with Crippen LogP contribution in [-0.2, 0) is 16.3 Å². The number of nitrogens with zero attached hydrogens (tertiary/aromatic N) is 6. The monoisotopic (exact) mass is 514 g/mol. The molecule has 0 spiro atoms. The second-order valence-electron chi connectivity index (χ2n) is 8.97. The number of aryl methyl sites for hydroxylation is 1. The van der Waals surface area contributed by atoms with E-state index in [1.807, 2.05) is 34.0 Å². The summed E-state index contributed by atoms with van der Waals surface area (Å²) in [7, 11) is -1.06. The smallest absolute Gasteiger partial charge is 0.191 e. The van der Waals surface area contributed by atoms with Crippen molar-refractivity contribution in [2.24, 2.45) is 5.92 Å². The van der Waals surface area contributed by atoms with E-state index in [4.69, 9.17) is 15.1 Å². The zero-order valence-electron chi connectivity index (χ0n) is 19.8. The summed E-state index contributed by atoms with van der Waals surface area (Å²) in [5, 5.41) is 7.64. The Labute approximate surface area is 208 Å². The summed E-state index contributed by atoms with van der Waals surface area (Å²) in [4.78, 5) is 13.7. The molecule has 1 saturated heterocycles. The van der Waals surface area contributed by atoms with Gasteiger partial charge in [-0.05, 0) is 55.2 Å². The molecule has 0 N–H and O–H groups in total. The number of halogens is 1. The third kappa shape index (κ3) is 4.87. The van der Waals surface area contributed by atoms with Crippen LogP contribution < -0.4 is 9.80 Å². The summed E-state index contributed by atoms with van der Waals surface area (Å²) in [5.74, 6) is 1.68. The van der Waals surface area contributed by atoms with E-state index in [1.54, 1.807) is 12.1 Å². The molecular formula is C24H27FN6O2S2. The van der Waals surface area contributed by atoms with Crippen LogP contribution in [0.25, 0.3) is 16.9 Å². The summed E-state index contributed by atoms with van der Waals surface area (Å²) < 4.78 is 38.6. The van der Waals surface area contributed by atoms with Crippen LogP contribution in [0, 0.1) is 11.7 Å². The van der Waals surface area contributed by atoms with E-state index in [-0.39, 0.29) is 17.5 Å². The number of rotatable bonds is 7. The van der Waals surface area contributed by atoms with Crippen LogP contribution in [0.1, 0.15) is 19.0 Å². The quantitative estimate of drug-likeness (QED) is 0.366. The van der Waals surface area contributed by atoms with Gasteiger partial charge in [0, 0.05) is 37.3 Å². The Morgan fingerprint density at radius 3 is 2.66 bits per heavy atom.